The zero-order valence-corrected chi connectivity index (χ0v) is 17.1. The Morgan fingerprint density at radius 2 is 1.93 bits per heavy atom. The summed E-state index contributed by atoms with van der Waals surface area (Å²) in [5.41, 5.74) is 3.15. The molecule has 0 spiro atoms. The van der Waals surface area contributed by atoms with Gasteiger partial charge in [0.25, 0.3) is 5.91 Å². The SMILES string of the molecule is COc1ccc(CC(=O)N=c2sc3cc(C(C)C)ccc3n2C)c(OC)c1. The van der Waals surface area contributed by atoms with Crippen molar-refractivity contribution in [2.45, 2.75) is 26.2 Å². The van der Waals surface area contributed by atoms with Crippen molar-refractivity contribution < 1.29 is 14.3 Å². The molecule has 3 aromatic rings. The van der Waals surface area contributed by atoms with E-state index >= 15 is 0 Å². The number of thiazole rings is 1. The van der Waals surface area contributed by atoms with Crippen LogP contribution in [0.3, 0.4) is 0 Å². The second-order valence-electron chi connectivity index (χ2n) is 6.69. The third-order valence-electron chi connectivity index (χ3n) is 4.56. The Bertz CT molecular complexity index is 1050. The van der Waals surface area contributed by atoms with Crippen molar-refractivity contribution in [3.63, 3.8) is 0 Å². The van der Waals surface area contributed by atoms with Gasteiger partial charge in [-0.05, 0) is 29.7 Å². The van der Waals surface area contributed by atoms with Crippen LogP contribution in [0.2, 0.25) is 0 Å². The molecule has 1 aromatic heterocycles. The Labute approximate surface area is 162 Å². The molecule has 0 aliphatic carbocycles. The molecule has 0 radical (unpaired) electrons. The van der Waals surface area contributed by atoms with Crippen molar-refractivity contribution in [1.29, 1.82) is 0 Å². The molecule has 1 amide bonds. The van der Waals surface area contributed by atoms with Crippen LogP contribution in [0.4, 0.5) is 0 Å². The Balaban J connectivity index is 1.92. The molecule has 142 valence electrons. The number of carbonyl (C=O) groups is 1. The van der Waals surface area contributed by atoms with Crippen molar-refractivity contribution in [1.82, 2.24) is 4.57 Å². The van der Waals surface area contributed by atoms with E-state index in [-0.39, 0.29) is 12.3 Å². The van der Waals surface area contributed by atoms with E-state index in [0.717, 1.165) is 15.8 Å². The molecule has 3 rings (SSSR count). The highest BCUT2D eigenvalue weighted by molar-refractivity contribution is 7.16. The monoisotopic (exact) mass is 384 g/mol. The zero-order chi connectivity index (χ0) is 19.6. The van der Waals surface area contributed by atoms with Crippen LogP contribution in [0, 0.1) is 0 Å². The molecule has 0 saturated heterocycles. The van der Waals surface area contributed by atoms with Gasteiger partial charge in [-0.25, -0.2) is 0 Å². The molecule has 0 bridgehead atoms. The maximum Gasteiger partial charge on any atom is 0.252 e. The molecular formula is C21H24N2O3S. The van der Waals surface area contributed by atoms with E-state index in [1.54, 1.807) is 20.3 Å². The van der Waals surface area contributed by atoms with E-state index < -0.39 is 0 Å². The number of ether oxygens (including phenoxy) is 2. The highest BCUT2D eigenvalue weighted by atomic mass is 32.1. The van der Waals surface area contributed by atoms with Crippen LogP contribution in [0.15, 0.2) is 41.4 Å². The summed E-state index contributed by atoms with van der Waals surface area (Å²) in [4.78, 5) is 17.6. The normalized spacial score (nSPS) is 12.0. The fourth-order valence-electron chi connectivity index (χ4n) is 2.92. The smallest absolute Gasteiger partial charge is 0.252 e. The highest BCUT2D eigenvalue weighted by Gasteiger charge is 2.11. The quantitative estimate of drug-likeness (QED) is 0.667. The molecule has 0 unspecified atom stereocenters. The van der Waals surface area contributed by atoms with Gasteiger partial charge < -0.3 is 14.0 Å². The minimum absolute atomic E-state index is 0.179. The molecule has 0 atom stereocenters. The first-order valence-corrected chi connectivity index (χ1v) is 9.62. The molecule has 1 heterocycles. The summed E-state index contributed by atoms with van der Waals surface area (Å²) in [7, 11) is 5.12. The Morgan fingerprint density at radius 3 is 2.59 bits per heavy atom. The lowest BCUT2D eigenvalue weighted by Crippen LogP contribution is -2.14. The molecular weight excluding hydrogens is 360 g/mol. The van der Waals surface area contributed by atoms with Gasteiger partial charge in [-0.1, -0.05) is 37.3 Å². The maximum atomic E-state index is 12.5. The van der Waals surface area contributed by atoms with Gasteiger partial charge >= 0.3 is 0 Å². The lowest BCUT2D eigenvalue weighted by atomic mass is 10.0. The first-order valence-electron chi connectivity index (χ1n) is 8.81. The van der Waals surface area contributed by atoms with Crippen LogP contribution in [-0.2, 0) is 18.3 Å². The fraction of sp³-hybridized carbons (Fsp3) is 0.333. The fourth-order valence-corrected chi connectivity index (χ4v) is 4.01. The number of hydrogen-bond donors (Lipinski definition) is 0. The van der Waals surface area contributed by atoms with E-state index in [9.17, 15) is 4.79 Å². The van der Waals surface area contributed by atoms with Gasteiger partial charge in [0, 0.05) is 18.7 Å². The van der Waals surface area contributed by atoms with Gasteiger partial charge in [0.2, 0.25) is 0 Å². The summed E-state index contributed by atoms with van der Waals surface area (Å²) in [5.74, 6) is 1.58. The van der Waals surface area contributed by atoms with E-state index in [1.807, 2.05) is 23.7 Å². The van der Waals surface area contributed by atoms with Crippen molar-refractivity contribution >= 4 is 27.5 Å². The van der Waals surface area contributed by atoms with Gasteiger partial charge in [-0.3, -0.25) is 4.79 Å². The van der Waals surface area contributed by atoms with Gasteiger partial charge in [-0.2, -0.15) is 4.99 Å². The summed E-state index contributed by atoms with van der Waals surface area (Å²) in [6, 6.07) is 11.8. The summed E-state index contributed by atoms with van der Waals surface area (Å²) >= 11 is 1.53. The number of benzene rings is 2. The molecule has 0 aliphatic heterocycles. The van der Waals surface area contributed by atoms with Crippen molar-refractivity contribution in [3.05, 3.63) is 52.3 Å². The van der Waals surface area contributed by atoms with E-state index in [2.05, 4.69) is 37.0 Å². The summed E-state index contributed by atoms with van der Waals surface area (Å²) in [5, 5.41) is 0. The van der Waals surface area contributed by atoms with Crippen LogP contribution in [0.25, 0.3) is 10.2 Å². The van der Waals surface area contributed by atoms with Crippen molar-refractivity contribution in [2.24, 2.45) is 12.0 Å². The van der Waals surface area contributed by atoms with Gasteiger partial charge in [0.15, 0.2) is 4.80 Å². The number of aryl methyl sites for hydroxylation is 1. The van der Waals surface area contributed by atoms with Crippen molar-refractivity contribution in [3.8, 4) is 11.5 Å². The van der Waals surface area contributed by atoms with Gasteiger partial charge in [-0.15, -0.1) is 0 Å². The lowest BCUT2D eigenvalue weighted by Gasteiger charge is -2.08. The molecule has 0 fully saturated rings. The number of aromatic nitrogens is 1. The minimum atomic E-state index is -0.204. The zero-order valence-electron chi connectivity index (χ0n) is 16.3. The van der Waals surface area contributed by atoms with Crippen LogP contribution >= 0.6 is 11.3 Å². The summed E-state index contributed by atoms with van der Waals surface area (Å²) in [6.45, 7) is 4.34. The second kappa shape index (κ2) is 7.96. The summed E-state index contributed by atoms with van der Waals surface area (Å²) < 4.78 is 13.7. The number of methoxy groups -OCH3 is 2. The van der Waals surface area contributed by atoms with Gasteiger partial charge in [0.1, 0.15) is 11.5 Å². The average Bonchev–Trinajstić information content (AvgIpc) is 2.96. The molecule has 6 heteroatoms. The average molecular weight is 385 g/mol. The molecule has 27 heavy (non-hydrogen) atoms. The molecule has 0 saturated carbocycles. The molecule has 5 nitrogen and oxygen atoms in total. The molecule has 0 aliphatic rings. The van der Waals surface area contributed by atoms with Crippen LogP contribution in [0.1, 0.15) is 30.9 Å². The van der Waals surface area contributed by atoms with Crippen LogP contribution in [-0.4, -0.2) is 24.7 Å². The predicted octanol–water partition coefficient (Wildman–Crippen LogP) is 4.05. The Kier molecular flexibility index (Phi) is 5.65. The number of rotatable bonds is 5. The topological polar surface area (TPSA) is 52.8 Å². The lowest BCUT2D eigenvalue weighted by molar-refractivity contribution is -0.117. The number of hydrogen-bond acceptors (Lipinski definition) is 4. The molecule has 0 N–H and O–H groups in total. The van der Waals surface area contributed by atoms with E-state index in [4.69, 9.17) is 9.47 Å². The molecule has 2 aromatic carbocycles. The van der Waals surface area contributed by atoms with Crippen LogP contribution in [0.5, 0.6) is 11.5 Å². The maximum absolute atomic E-state index is 12.5. The summed E-state index contributed by atoms with van der Waals surface area (Å²) in [6.07, 6.45) is 0.179. The standard InChI is InChI=1S/C21H24N2O3S/c1-13(2)14-7-9-17-19(10-14)27-21(23(17)3)22-20(24)11-15-6-8-16(25-4)12-18(15)26-5/h6-10,12-13H,11H2,1-5H3. The number of carbonyl (C=O) groups excluding carboxylic acids is 1. The number of amides is 1. The van der Waals surface area contributed by atoms with Crippen LogP contribution < -0.4 is 14.3 Å². The predicted molar refractivity (Wildman–Crippen MR) is 109 cm³/mol. The largest absolute Gasteiger partial charge is 0.497 e. The third kappa shape index (κ3) is 4.06. The first-order chi connectivity index (χ1) is 12.9. The first kappa shape index (κ1) is 19.2. The van der Waals surface area contributed by atoms with E-state index in [0.29, 0.717) is 22.2 Å². The third-order valence-corrected chi connectivity index (χ3v) is 5.65. The minimum Gasteiger partial charge on any atom is -0.497 e. The Hall–Kier alpha value is -2.60. The Morgan fingerprint density at radius 1 is 1.15 bits per heavy atom. The number of fused-ring (bicyclic) bond motifs is 1. The highest BCUT2D eigenvalue weighted by Crippen LogP contribution is 2.25. The van der Waals surface area contributed by atoms with Crippen molar-refractivity contribution in [2.75, 3.05) is 14.2 Å². The second-order valence-corrected chi connectivity index (χ2v) is 7.69. The van der Waals surface area contributed by atoms with Gasteiger partial charge in [0.05, 0.1) is 30.9 Å². The van der Waals surface area contributed by atoms with E-state index in [1.165, 1.54) is 16.9 Å². The number of nitrogens with zero attached hydrogens (tertiary/aromatic N) is 2.